The maximum atomic E-state index is 5.91. The van der Waals surface area contributed by atoms with Crippen molar-refractivity contribution in [2.24, 2.45) is 4.99 Å². The molecule has 3 rings (SSSR count). The molecule has 6 nitrogen and oxygen atoms in total. The first-order valence-corrected chi connectivity index (χ1v) is 9.23. The molecule has 0 unspecified atom stereocenters. The van der Waals surface area contributed by atoms with Crippen LogP contribution in [-0.2, 0) is 13.1 Å². The van der Waals surface area contributed by atoms with E-state index in [4.69, 9.17) is 9.47 Å². The summed E-state index contributed by atoms with van der Waals surface area (Å²) >= 11 is 0. The quantitative estimate of drug-likeness (QED) is 0.464. The van der Waals surface area contributed by atoms with Gasteiger partial charge in [-0.25, -0.2) is 0 Å². The SMILES string of the molecule is CN=C(NCCn1cccc1)NCc1ccc(Oc2ccccc2OC)cc1. The fourth-order valence-electron chi connectivity index (χ4n) is 2.73. The van der Waals surface area contributed by atoms with E-state index in [1.807, 2.05) is 73.1 Å². The van der Waals surface area contributed by atoms with Crippen LogP contribution in [-0.4, -0.2) is 31.2 Å². The summed E-state index contributed by atoms with van der Waals surface area (Å²) in [5, 5.41) is 6.64. The molecule has 0 amide bonds. The van der Waals surface area contributed by atoms with Gasteiger partial charge in [0.2, 0.25) is 0 Å². The number of guanidine groups is 1. The highest BCUT2D eigenvalue weighted by Gasteiger charge is 2.04. The van der Waals surface area contributed by atoms with Gasteiger partial charge in [0.25, 0.3) is 0 Å². The first-order valence-electron chi connectivity index (χ1n) is 9.23. The monoisotopic (exact) mass is 378 g/mol. The third-order valence-electron chi connectivity index (χ3n) is 4.23. The summed E-state index contributed by atoms with van der Waals surface area (Å²) in [7, 11) is 3.41. The van der Waals surface area contributed by atoms with Crippen molar-refractivity contribution in [1.29, 1.82) is 0 Å². The number of rotatable bonds is 8. The van der Waals surface area contributed by atoms with Crippen molar-refractivity contribution in [3.8, 4) is 17.2 Å². The molecule has 0 radical (unpaired) electrons. The lowest BCUT2D eigenvalue weighted by atomic mass is 10.2. The van der Waals surface area contributed by atoms with E-state index < -0.39 is 0 Å². The van der Waals surface area contributed by atoms with Gasteiger partial charge in [-0.05, 0) is 42.0 Å². The zero-order chi connectivity index (χ0) is 19.6. The van der Waals surface area contributed by atoms with Crippen molar-refractivity contribution >= 4 is 5.96 Å². The van der Waals surface area contributed by atoms with E-state index in [0.29, 0.717) is 18.0 Å². The number of nitrogens with zero attached hydrogens (tertiary/aromatic N) is 2. The van der Waals surface area contributed by atoms with E-state index in [9.17, 15) is 0 Å². The van der Waals surface area contributed by atoms with Crippen LogP contribution in [0.4, 0.5) is 0 Å². The van der Waals surface area contributed by atoms with E-state index in [1.165, 1.54) is 0 Å². The van der Waals surface area contributed by atoms with Crippen LogP contribution in [0.15, 0.2) is 78.0 Å². The highest BCUT2D eigenvalue weighted by molar-refractivity contribution is 5.79. The molecule has 146 valence electrons. The first kappa shape index (κ1) is 19.4. The molecule has 1 heterocycles. The smallest absolute Gasteiger partial charge is 0.191 e. The number of ether oxygens (including phenoxy) is 2. The number of para-hydroxylation sites is 2. The van der Waals surface area contributed by atoms with Crippen LogP contribution in [0.3, 0.4) is 0 Å². The van der Waals surface area contributed by atoms with E-state index in [2.05, 4.69) is 20.2 Å². The maximum absolute atomic E-state index is 5.91. The lowest BCUT2D eigenvalue weighted by molar-refractivity contribution is 0.379. The maximum Gasteiger partial charge on any atom is 0.191 e. The fraction of sp³-hybridized carbons (Fsp3) is 0.227. The Balaban J connectivity index is 1.48. The van der Waals surface area contributed by atoms with Gasteiger partial charge in [0.1, 0.15) is 5.75 Å². The number of benzene rings is 2. The van der Waals surface area contributed by atoms with Crippen molar-refractivity contribution in [3.63, 3.8) is 0 Å². The van der Waals surface area contributed by atoms with Crippen LogP contribution in [0.5, 0.6) is 17.2 Å². The van der Waals surface area contributed by atoms with Crippen molar-refractivity contribution < 1.29 is 9.47 Å². The Morgan fingerprint density at radius 3 is 2.32 bits per heavy atom. The van der Waals surface area contributed by atoms with E-state index >= 15 is 0 Å². The van der Waals surface area contributed by atoms with Gasteiger partial charge >= 0.3 is 0 Å². The molecule has 0 bridgehead atoms. The zero-order valence-corrected chi connectivity index (χ0v) is 16.3. The summed E-state index contributed by atoms with van der Waals surface area (Å²) in [6.45, 7) is 2.38. The van der Waals surface area contributed by atoms with E-state index in [-0.39, 0.29) is 0 Å². The lowest BCUT2D eigenvalue weighted by Crippen LogP contribution is -2.38. The summed E-state index contributed by atoms with van der Waals surface area (Å²) in [6.07, 6.45) is 4.10. The topological polar surface area (TPSA) is 59.8 Å². The van der Waals surface area contributed by atoms with Gasteiger partial charge < -0.3 is 24.7 Å². The van der Waals surface area contributed by atoms with Gasteiger partial charge in [0.15, 0.2) is 17.5 Å². The summed E-state index contributed by atoms with van der Waals surface area (Å²) in [6, 6.07) is 19.6. The number of hydrogen-bond acceptors (Lipinski definition) is 3. The first-order chi connectivity index (χ1) is 13.8. The predicted octanol–water partition coefficient (Wildman–Crippen LogP) is 3.65. The van der Waals surface area contributed by atoms with Crippen molar-refractivity contribution in [3.05, 3.63) is 78.6 Å². The second kappa shape index (κ2) is 10.1. The minimum absolute atomic E-state index is 0.679. The summed E-state index contributed by atoms with van der Waals surface area (Å²) in [5.41, 5.74) is 1.14. The Kier molecular flexibility index (Phi) is 6.95. The van der Waals surface area contributed by atoms with E-state index in [1.54, 1.807) is 14.2 Å². The summed E-state index contributed by atoms with van der Waals surface area (Å²) in [4.78, 5) is 4.26. The van der Waals surface area contributed by atoms with Gasteiger partial charge in [-0.1, -0.05) is 24.3 Å². The Bertz CT molecular complexity index is 874. The largest absolute Gasteiger partial charge is 0.493 e. The van der Waals surface area contributed by atoms with Crippen LogP contribution in [0.2, 0.25) is 0 Å². The molecule has 0 aliphatic carbocycles. The summed E-state index contributed by atoms with van der Waals surface area (Å²) < 4.78 is 13.4. The molecule has 2 N–H and O–H groups in total. The molecule has 1 aromatic heterocycles. The van der Waals surface area contributed by atoms with Crippen molar-refractivity contribution in [1.82, 2.24) is 15.2 Å². The Labute approximate surface area is 165 Å². The molecule has 3 aromatic rings. The third kappa shape index (κ3) is 5.54. The number of nitrogens with one attached hydrogen (secondary N) is 2. The molecule has 0 atom stereocenters. The van der Waals surface area contributed by atoms with Crippen LogP contribution in [0.1, 0.15) is 5.56 Å². The molecule has 2 aromatic carbocycles. The molecule has 0 aliphatic heterocycles. The minimum atomic E-state index is 0.679. The van der Waals surface area contributed by atoms with Crippen molar-refractivity contribution in [2.45, 2.75) is 13.1 Å². The van der Waals surface area contributed by atoms with Gasteiger partial charge in [0.05, 0.1) is 7.11 Å². The standard InChI is InChI=1S/C22H26N4O2/c1-23-22(24-13-16-26-14-5-6-15-26)25-17-18-9-11-19(12-10-18)28-21-8-4-3-7-20(21)27-2/h3-12,14-15H,13,16-17H2,1-2H3,(H2,23,24,25). The molecule has 6 heteroatoms. The average molecular weight is 378 g/mol. The Hall–Kier alpha value is -3.41. The Morgan fingerprint density at radius 1 is 0.929 bits per heavy atom. The van der Waals surface area contributed by atoms with Crippen LogP contribution < -0.4 is 20.1 Å². The van der Waals surface area contributed by atoms with Gasteiger partial charge in [0, 0.05) is 39.1 Å². The molecule has 0 fully saturated rings. The molecule has 0 spiro atoms. The van der Waals surface area contributed by atoms with Gasteiger partial charge in [-0.2, -0.15) is 0 Å². The molecular weight excluding hydrogens is 352 g/mol. The highest BCUT2D eigenvalue weighted by atomic mass is 16.5. The number of hydrogen-bond donors (Lipinski definition) is 2. The normalized spacial score (nSPS) is 11.1. The highest BCUT2D eigenvalue weighted by Crippen LogP contribution is 2.30. The number of aliphatic imine (C=N–C) groups is 1. The van der Waals surface area contributed by atoms with Gasteiger partial charge in [-0.3, -0.25) is 4.99 Å². The van der Waals surface area contributed by atoms with Crippen molar-refractivity contribution in [2.75, 3.05) is 20.7 Å². The third-order valence-corrected chi connectivity index (χ3v) is 4.23. The second-order valence-corrected chi connectivity index (χ2v) is 6.17. The van der Waals surface area contributed by atoms with Crippen LogP contribution >= 0.6 is 0 Å². The second-order valence-electron chi connectivity index (χ2n) is 6.17. The Morgan fingerprint density at radius 2 is 1.64 bits per heavy atom. The molecule has 28 heavy (non-hydrogen) atoms. The van der Waals surface area contributed by atoms with Gasteiger partial charge in [-0.15, -0.1) is 0 Å². The zero-order valence-electron chi connectivity index (χ0n) is 16.3. The average Bonchev–Trinajstić information content (AvgIpc) is 3.25. The fourth-order valence-corrected chi connectivity index (χ4v) is 2.73. The van der Waals surface area contributed by atoms with Crippen LogP contribution in [0, 0.1) is 0 Å². The number of methoxy groups -OCH3 is 1. The van der Waals surface area contributed by atoms with Crippen LogP contribution in [0.25, 0.3) is 0 Å². The summed E-state index contributed by atoms with van der Waals surface area (Å²) in [5.74, 6) is 2.95. The predicted molar refractivity (Wildman–Crippen MR) is 112 cm³/mol. The number of aromatic nitrogens is 1. The molecule has 0 saturated carbocycles. The molecular formula is C22H26N4O2. The molecule has 0 saturated heterocycles. The lowest BCUT2D eigenvalue weighted by Gasteiger charge is -2.13. The molecule has 0 aliphatic rings. The van der Waals surface area contributed by atoms with E-state index in [0.717, 1.165) is 30.4 Å². The minimum Gasteiger partial charge on any atom is -0.493 e.